The van der Waals surface area contributed by atoms with Crippen molar-refractivity contribution in [2.75, 3.05) is 0 Å². The van der Waals surface area contributed by atoms with E-state index >= 15 is 0 Å². The van der Waals surface area contributed by atoms with E-state index in [-0.39, 0.29) is 0 Å². The van der Waals surface area contributed by atoms with Gasteiger partial charge in [0.2, 0.25) is 4.80 Å². The highest BCUT2D eigenvalue weighted by molar-refractivity contribution is 7.16. The molecule has 0 amide bonds. The number of hydrogen-bond acceptors (Lipinski definition) is 3. The lowest BCUT2D eigenvalue weighted by atomic mass is 10.0. The van der Waals surface area contributed by atoms with E-state index in [0.29, 0.717) is 0 Å². The fourth-order valence-electron chi connectivity index (χ4n) is 2.89. The Kier molecular flexibility index (Phi) is 4.50. The average molecular weight is 357 g/mol. The summed E-state index contributed by atoms with van der Waals surface area (Å²) in [5, 5.41) is 8.92. The van der Waals surface area contributed by atoms with Gasteiger partial charge in [-0.15, -0.1) is 5.10 Å². The lowest BCUT2D eigenvalue weighted by molar-refractivity contribution is 0.888. The number of nitrogens with zero attached hydrogens (tertiary/aromatic N) is 3. The quantitative estimate of drug-likeness (QED) is 0.355. The summed E-state index contributed by atoms with van der Waals surface area (Å²) in [7, 11) is 2.02. The fraction of sp³-hybridized carbons (Fsp3) is 0.0909. The van der Waals surface area contributed by atoms with Gasteiger partial charge in [0.1, 0.15) is 0 Å². The van der Waals surface area contributed by atoms with E-state index in [1.165, 1.54) is 21.3 Å². The Morgan fingerprint density at radius 1 is 0.808 bits per heavy atom. The molecule has 0 aliphatic heterocycles. The molecule has 0 atom stereocenters. The molecule has 0 saturated carbocycles. The molecule has 1 heterocycles. The molecule has 3 nitrogen and oxygen atoms in total. The maximum absolute atomic E-state index is 4.47. The molecule has 26 heavy (non-hydrogen) atoms. The number of hydrogen-bond donors (Lipinski definition) is 0. The summed E-state index contributed by atoms with van der Waals surface area (Å²) in [6.45, 7) is 1.99. The molecule has 0 aliphatic carbocycles. The lowest BCUT2D eigenvalue weighted by Gasteiger charge is -2.03. The molecule has 4 rings (SSSR count). The molecular formula is C22H19N3S. The number of fused-ring (bicyclic) bond motifs is 1. The van der Waals surface area contributed by atoms with Crippen LogP contribution in [0.1, 0.15) is 12.5 Å². The van der Waals surface area contributed by atoms with Crippen molar-refractivity contribution in [3.05, 3.63) is 89.2 Å². The molecule has 128 valence electrons. The Balaban J connectivity index is 1.64. The summed E-state index contributed by atoms with van der Waals surface area (Å²) in [6, 6.07) is 27.1. The monoisotopic (exact) mass is 357 g/mol. The molecule has 3 aromatic carbocycles. The van der Waals surface area contributed by atoms with Gasteiger partial charge in [-0.2, -0.15) is 5.10 Å². The molecule has 4 heteroatoms. The first kappa shape index (κ1) is 16.5. The van der Waals surface area contributed by atoms with Crippen molar-refractivity contribution in [1.29, 1.82) is 0 Å². The van der Waals surface area contributed by atoms with Crippen molar-refractivity contribution in [2.24, 2.45) is 17.3 Å². The zero-order valence-electron chi connectivity index (χ0n) is 14.8. The van der Waals surface area contributed by atoms with E-state index in [1.54, 1.807) is 11.3 Å². The van der Waals surface area contributed by atoms with Crippen molar-refractivity contribution in [3.63, 3.8) is 0 Å². The smallest absolute Gasteiger partial charge is 0.211 e. The Labute approximate surface area is 156 Å². The zero-order chi connectivity index (χ0) is 17.9. The topological polar surface area (TPSA) is 29.6 Å². The molecule has 4 aromatic rings. The van der Waals surface area contributed by atoms with Gasteiger partial charge in [-0.1, -0.05) is 78.1 Å². The largest absolute Gasteiger partial charge is 0.318 e. The summed E-state index contributed by atoms with van der Waals surface area (Å²) in [5.41, 5.74) is 5.58. The predicted molar refractivity (Wildman–Crippen MR) is 110 cm³/mol. The van der Waals surface area contributed by atoms with Crippen molar-refractivity contribution in [2.45, 2.75) is 6.92 Å². The van der Waals surface area contributed by atoms with E-state index in [2.05, 4.69) is 75.4 Å². The summed E-state index contributed by atoms with van der Waals surface area (Å²) in [4.78, 5) is 0.895. The number of aromatic nitrogens is 1. The van der Waals surface area contributed by atoms with Crippen molar-refractivity contribution in [3.8, 4) is 11.1 Å². The Morgan fingerprint density at radius 3 is 2.19 bits per heavy atom. The van der Waals surface area contributed by atoms with Crippen LogP contribution < -0.4 is 4.80 Å². The van der Waals surface area contributed by atoms with Crippen molar-refractivity contribution in [1.82, 2.24) is 4.57 Å². The highest BCUT2D eigenvalue weighted by atomic mass is 32.1. The van der Waals surface area contributed by atoms with E-state index in [1.807, 2.05) is 32.2 Å². The van der Waals surface area contributed by atoms with Gasteiger partial charge in [-0.3, -0.25) is 0 Å². The minimum atomic E-state index is 0.895. The minimum absolute atomic E-state index is 0.895. The van der Waals surface area contributed by atoms with Crippen LogP contribution in [0, 0.1) is 0 Å². The van der Waals surface area contributed by atoms with Crippen molar-refractivity contribution < 1.29 is 0 Å². The van der Waals surface area contributed by atoms with E-state index in [9.17, 15) is 0 Å². The summed E-state index contributed by atoms with van der Waals surface area (Å²) >= 11 is 1.65. The maximum Gasteiger partial charge on any atom is 0.211 e. The molecule has 0 radical (unpaired) electrons. The van der Waals surface area contributed by atoms with Gasteiger partial charge < -0.3 is 4.57 Å². The van der Waals surface area contributed by atoms with E-state index < -0.39 is 0 Å². The fourth-order valence-corrected chi connectivity index (χ4v) is 3.86. The standard InChI is InChI=1S/C22H19N3S/c1-16(17-12-14-19(15-13-17)18-8-4-3-5-9-18)23-24-22-25(2)20-10-6-7-11-21(20)26-22/h3-15H,1-2H3/b23-16-,24-22+. The van der Waals surface area contributed by atoms with Crippen LogP contribution in [0.15, 0.2) is 89.1 Å². The van der Waals surface area contributed by atoms with Crippen LogP contribution in [0.25, 0.3) is 21.3 Å². The zero-order valence-corrected chi connectivity index (χ0v) is 15.6. The number of thiazole rings is 1. The Bertz CT molecular complexity index is 1130. The summed E-state index contributed by atoms with van der Waals surface area (Å²) in [5.74, 6) is 0. The second kappa shape index (κ2) is 7.10. The molecule has 0 bridgehead atoms. The highest BCUT2D eigenvalue weighted by Gasteiger charge is 2.02. The summed E-state index contributed by atoms with van der Waals surface area (Å²) in [6.07, 6.45) is 0. The van der Waals surface area contributed by atoms with Crippen LogP contribution in [-0.4, -0.2) is 10.3 Å². The minimum Gasteiger partial charge on any atom is -0.318 e. The second-order valence-corrected chi connectivity index (χ2v) is 7.15. The van der Waals surface area contributed by atoms with Gasteiger partial charge in [-0.05, 0) is 35.7 Å². The SMILES string of the molecule is C/C(=N/N=c1/sc2ccccc2n1C)c1ccc(-c2ccccc2)cc1. The van der Waals surface area contributed by atoms with Crippen LogP contribution in [-0.2, 0) is 7.05 Å². The molecule has 0 aliphatic rings. The van der Waals surface area contributed by atoms with Crippen LogP contribution in [0.3, 0.4) is 0 Å². The molecule has 1 aromatic heterocycles. The first-order valence-corrected chi connectivity index (χ1v) is 9.33. The predicted octanol–water partition coefficient (Wildman–Crippen LogP) is 5.23. The van der Waals surface area contributed by atoms with Crippen LogP contribution >= 0.6 is 11.3 Å². The normalized spacial score (nSPS) is 12.7. The Hall–Kier alpha value is -2.98. The number of para-hydroxylation sites is 1. The van der Waals surface area contributed by atoms with Crippen LogP contribution in [0.2, 0.25) is 0 Å². The second-order valence-electron chi connectivity index (χ2n) is 6.14. The molecule has 0 saturated heterocycles. The first-order chi connectivity index (χ1) is 12.7. The van der Waals surface area contributed by atoms with Gasteiger partial charge in [0, 0.05) is 7.05 Å². The third kappa shape index (κ3) is 3.24. The van der Waals surface area contributed by atoms with Gasteiger partial charge >= 0.3 is 0 Å². The highest BCUT2D eigenvalue weighted by Crippen LogP contribution is 2.19. The van der Waals surface area contributed by atoms with Gasteiger partial charge in [-0.25, -0.2) is 0 Å². The first-order valence-electron chi connectivity index (χ1n) is 8.51. The Morgan fingerprint density at radius 2 is 1.46 bits per heavy atom. The number of benzene rings is 3. The third-order valence-corrected chi connectivity index (χ3v) is 5.51. The van der Waals surface area contributed by atoms with Crippen LogP contribution in [0.5, 0.6) is 0 Å². The van der Waals surface area contributed by atoms with Crippen LogP contribution in [0.4, 0.5) is 0 Å². The molecule has 0 N–H and O–H groups in total. The van der Waals surface area contributed by atoms with E-state index in [0.717, 1.165) is 16.1 Å². The molecule has 0 spiro atoms. The van der Waals surface area contributed by atoms with Gasteiger partial charge in [0.15, 0.2) is 0 Å². The third-order valence-electron chi connectivity index (χ3n) is 4.41. The lowest BCUT2D eigenvalue weighted by Crippen LogP contribution is -2.09. The molecular weight excluding hydrogens is 338 g/mol. The molecule has 0 fully saturated rings. The van der Waals surface area contributed by atoms with E-state index in [4.69, 9.17) is 0 Å². The molecule has 0 unspecified atom stereocenters. The number of rotatable bonds is 3. The average Bonchev–Trinajstić information content (AvgIpc) is 3.03. The summed E-state index contributed by atoms with van der Waals surface area (Å²) < 4.78 is 3.30. The van der Waals surface area contributed by atoms with Crippen molar-refractivity contribution >= 4 is 27.3 Å². The van der Waals surface area contributed by atoms with Gasteiger partial charge in [0.25, 0.3) is 0 Å². The maximum atomic E-state index is 4.47. The number of aryl methyl sites for hydroxylation is 1. The van der Waals surface area contributed by atoms with Gasteiger partial charge in [0.05, 0.1) is 15.9 Å².